The van der Waals surface area contributed by atoms with Crippen LogP contribution in [0.15, 0.2) is 5.10 Å². The summed E-state index contributed by atoms with van der Waals surface area (Å²) in [6, 6.07) is -0.584. The van der Waals surface area contributed by atoms with Crippen LogP contribution in [0, 0.1) is 11.8 Å². The third-order valence-electron chi connectivity index (χ3n) is 2.74. The predicted octanol–water partition coefficient (Wildman–Crippen LogP) is 1.47. The first-order chi connectivity index (χ1) is 6.09. The first-order valence-corrected chi connectivity index (χ1v) is 4.70. The fourth-order valence-corrected chi connectivity index (χ4v) is 1.59. The summed E-state index contributed by atoms with van der Waals surface area (Å²) in [5.74, 6) is 1.41. The molecule has 0 radical (unpaired) electrons. The highest BCUT2D eigenvalue weighted by Crippen LogP contribution is 2.27. The van der Waals surface area contributed by atoms with Crippen LogP contribution in [0.5, 0.6) is 0 Å². The number of hydrazone groups is 1. The van der Waals surface area contributed by atoms with Crippen molar-refractivity contribution < 1.29 is 4.79 Å². The van der Waals surface area contributed by atoms with Gasteiger partial charge in [-0.15, -0.1) is 0 Å². The van der Waals surface area contributed by atoms with E-state index >= 15 is 0 Å². The van der Waals surface area contributed by atoms with Crippen molar-refractivity contribution in [2.75, 3.05) is 0 Å². The van der Waals surface area contributed by atoms with Gasteiger partial charge in [0, 0.05) is 5.71 Å². The second kappa shape index (κ2) is 4.25. The van der Waals surface area contributed by atoms with Crippen molar-refractivity contribution in [1.29, 1.82) is 0 Å². The highest BCUT2D eigenvalue weighted by Gasteiger charge is 2.20. The molecule has 3 N–H and O–H groups in total. The molecular weight excluding hydrogens is 166 g/mol. The van der Waals surface area contributed by atoms with Gasteiger partial charge in [0.2, 0.25) is 0 Å². The number of primary amides is 1. The summed E-state index contributed by atoms with van der Waals surface area (Å²) in [4.78, 5) is 10.4. The highest BCUT2D eigenvalue weighted by molar-refractivity contribution is 5.86. The number of carbonyl (C=O) groups excluding carboxylic acids is 1. The van der Waals surface area contributed by atoms with Gasteiger partial charge in [0.05, 0.1) is 0 Å². The predicted molar refractivity (Wildman–Crippen MR) is 52.3 cm³/mol. The summed E-state index contributed by atoms with van der Waals surface area (Å²) in [7, 11) is 0. The van der Waals surface area contributed by atoms with E-state index in [1.54, 1.807) is 0 Å². The number of nitrogens with two attached hydrogens (primary N) is 1. The molecule has 0 aromatic rings. The number of hydrogen-bond acceptors (Lipinski definition) is 2. The zero-order valence-electron chi connectivity index (χ0n) is 8.21. The SMILES string of the molecule is CC1CCC(=NNC(N)=O)CC1C. The van der Waals surface area contributed by atoms with E-state index in [1.807, 2.05) is 0 Å². The van der Waals surface area contributed by atoms with Crippen molar-refractivity contribution in [3.63, 3.8) is 0 Å². The molecule has 13 heavy (non-hydrogen) atoms. The van der Waals surface area contributed by atoms with Crippen molar-refractivity contribution in [3.8, 4) is 0 Å². The van der Waals surface area contributed by atoms with Crippen molar-refractivity contribution >= 4 is 11.7 Å². The lowest BCUT2D eigenvalue weighted by atomic mass is 9.81. The van der Waals surface area contributed by atoms with Crippen LogP contribution in [0.4, 0.5) is 4.79 Å². The van der Waals surface area contributed by atoms with Crippen LogP contribution in [0.25, 0.3) is 0 Å². The van der Waals surface area contributed by atoms with Gasteiger partial charge in [0.25, 0.3) is 0 Å². The molecular formula is C9H17N3O. The summed E-state index contributed by atoms with van der Waals surface area (Å²) in [6.07, 6.45) is 3.10. The Morgan fingerprint density at radius 3 is 2.77 bits per heavy atom. The van der Waals surface area contributed by atoms with Crippen molar-refractivity contribution in [2.45, 2.75) is 33.1 Å². The maximum atomic E-state index is 10.4. The molecule has 2 amide bonds. The maximum Gasteiger partial charge on any atom is 0.332 e. The molecule has 0 aromatic heterocycles. The topological polar surface area (TPSA) is 67.5 Å². The second-order valence-corrected chi connectivity index (χ2v) is 3.85. The van der Waals surface area contributed by atoms with E-state index < -0.39 is 6.03 Å². The Labute approximate surface area is 78.6 Å². The normalized spacial score (nSPS) is 31.7. The van der Waals surface area contributed by atoms with Crippen LogP contribution in [0.2, 0.25) is 0 Å². The fourth-order valence-electron chi connectivity index (χ4n) is 1.59. The Balaban J connectivity index is 2.45. The third kappa shape index (κ3) is 3.05. The molecule has 2 unspecified atom stereocenters. The van der Waals surface area contributed by atoms with Crippen molar-refractivity contribution in [2.24, 2.45) is 22.7 Å². The first kappa shape index (κ1) is 10.0. The summed E-state index contributed by atoms with van der Waals surface area (Å²) >= 11 is 0. The average molecular weight is 183 g/mol. The summed E-state index contributed by atoms with van der Waals surface area (Å²) < 4.78 is 0. The van der Waals surface area contributed by atoms with Crippen LogP contribution in [0.1, 0.15) is 33.1 Å². The molecule has 1 aliphatic carbocycles. The maximum absolute atomic E-state index is 10.4. The van der Waals surface area contributed by atoms with E-state index in [2.05, 4.69) is 24.4 Å². The van der Waals surface area contributed by atoms with Gasteiger partial charge in [0.1, 0.15) is 0 Å². The van der Waals surface area contributed by atoms with Gasteiger partial charge in [0.15, 0.2) is 0 Å². The van der Waals surface area contributed by atoms with Gasteiger partial charge in [-0.05, 0) is 31.1 Å². The molecule has 4 nitrogen and oxygen atoms in total. The largest absolute Gasteiger partial charge is 0.350 e. The first-order valence-electron chi connectivity index (χ1n) is 4.70. The van der Waals surface area contributed by atoms with E-state index in [0.29, 0.717) is 5.92 Å². The van der Waals surface area contributed by atoms with Gasteiger partial charge in [-0.1, -0.05) is 13.8 Å². The summed E-state index contributed by atoms with van der Waals surface area (Å²) in [5, 5.41) is 3.96. The fraction of sp³-hybridized carbons (Fsp3) is 0.778. The second-order valence-electron chi connectivity index (χ2n) is 3.85. The molecule has 0 aliphatic heterocycles. The zero-order chi connectivity index (χ0) is 9.84. The quantitative estimate of drug-likeness (QED) is 0.594. The Bertz CT molecular complexity index is 225. The average Bonchev–Trinajstić information content (AvgIpc) is 2.07. The molecule has 0 aromatic carbocycles. The molecule has 1 saturated carbocycles. The van der Waals surface area contributed by atoms with E-state index in [4.69, 9.17) is 5.73 Å². The molecule has 0 heterocycles. The Hall–Kier alpha value is -1.06. The molecule has 74 valence electrons. The van der Waals surface area contributed by atoms with E-state index in [0.717, 1.165) is 30.9 Å². The number of carbonyl (C=O) groups is 1. The number of amides is 2. The molecule has 2 atom stereocenters. The van der Waals surface area contributed by atoms with Crippen LogP contribution >= 0.6 is 0 Å². The smallest absolute Gasteiger partial charge is 0.332 e. The Morgan fingerprint density at radius 1 is 1.54 bits per heavy atom. The molecule has 4 heteroatoms. The van der Waals surface area contributed by atoms with E-state index in [9.17, 15) is 4.79 Å². The van der Waals surface area contributed by atoms with Crippen LogP contribution in [-0.2, 0) is 0 Å². The van der Waals surface area contributed by atoms with Gasteiger partial charge in [-0.2, -0.15) is 5.10 Å². The third-order valence-corrected chi connectivity index (χ3v) is 2.74. The van der Waals surface area contributed by atoms with Crippen molar-refractivity contribution in [3.05, 3.63) is 0 Å². The number of nitrogens with zero attached hydrogens (tertiary/aromatic N) is 1. The standard InChI is InChI=1S/C9H17N3O/c1-6-3-4-8(5-7(6)2)11-12-9(10)13/h6-7H,3-5H2,1-2H3,(H3,10,12,13). The van der Waals surface area contributed by atoms with Gasteiger partial charge in [-0.25, -0.2) is 10.2 Å². The Kier molecular flexibility index (Phi) is 3.28. The molecule has 0 bridgehead atoms. The monoisotopic (exact) mass is 183 g/mol. The molecule has 1 fully saturated rings. The minimum absolute atomic E-state index is 0.584. The van der Waals surface area contributed by atoms with Gasteiger partial charge in [-0.3, -0.25) is 0 Å². The van der Waals surface area contributed by atoms with Gasteiger partial charge < -0.3 is 5.73 Å². The zero-order valence-corrected chi connectivity index (χ0v) is 8.21. The summed E-state index contributed by atoms with van der Waals surface area (Å²) in [5.41, 5.74) is 8.25. The van der Waals surface area contributed by atoms with Gasteiger partial charge >= 0.3 is 6.03 Å². The number of urea groups is 1. The highest BCUT2D eigenvalue weighted by atomic mass is 16.2. The lowest BCUT2D eigenvalue weighted by Gasteiger charge is -2.26. The summed E-state index contributed by atoms with van der Waals surface area (Å²) in [6.45, 7) is 4.46. The van der Waals surface area contributed by atoms with Crippen molar-refractivity contribution in [1.82, 2.24) is 5.43 Å². The van der Waals surface area contributed by atoms with Crippen LogP contribution in [0.3, 0.4) is 0 Å². The number of rotatable bonds is 1. The Morgan fingerprint density at radius 2 is 2.23 bits per heavy atom. The number of hydrogen-bond donors (Lipinski definition) is 2. The molecule has 1 rings (SSSR count). The molecule has 0 saturated heterocycles. The van der Waals surface area contributed by atoms with Crippen LogP contribution in [-0.4, -0.2) is 11.7 Å². The van der Waals surface area contributed by atoms with Crippen LogP contribution < -0.4 is 11.2 Å². The minimum atomic E-state index is -0.584. The minimum Gasteiger partial charge on any atom is -0.350 e. The lowest BCUT2D eigenvalue weighted by Crippen LogP contribution is -2.28. The number of nitrogens with one attached hydrogen (secondary N) is 1. The van der Waals surface area contributed by atoms with E-state index in [-0.39, 0.29) is 0 Å². The molecule has 1 aliphatic rings. The van der Waals surface area contributed by atoms with E-state index in [1.165, 1.54) is 0 Å². The molecule has 0 spiro atoms. The lowest BCUT2D eigenvalue weighted by molar-refractivity contribution is 0.249.